The highest BCUT2D eigenvalue weighted by Gasteiger charge is 2.32. The number of carbonyl (C=O) groups excluding carboxylic acids is 2. The molecule has 0 aromatic heterocycles. The molecule has 0 aromatic rings. The van der Waals surface area contributed by atoms with E-state index in [2.05, 4.69) is 21.6 Å². The molecule has 110 valence electrons. The summed E-state index contributed by atoms with van der Waals surface area (Å²) in [6, 6.07) is 0.530. The minimum Gasteiger partial charge on any atom is -0.314 e. The maximum Gasteiger partial charge on any atom is 0.290 e. The first kappa shape index (κ1) is 14.1. The molecule has 1 aliphatic carbocycles. The summed E-state index contributed by atoms with van der Waals surface area (Å²) in [4.78, 5) is 26.1. The predicted molar refractivity (Wildman–Crippen MR) is 79.4 cm³/mol. The van der Waals surface area contributed by atoms with Gasteiger partial charge in [0.05, 0.1) is 4.91 Å². The Bertz CT molecular complexity index is 432. The van der Waals surface area contributed by atoms with E-state index in [9.17, 15) is 9.59 Å². The van der Waals surface area contributed by atoms with Crippen LogP contribution in [-0.2, 0) is 4.79 Å². The van der Waals surface area contributed by atoms with Crippen LogP contribution in [-0.4, -0.2) is 48.3 Å². The SMILES string of the molecule is O=C1NC(=O)C(=CC2CCCCC2N2CCNCC2)S1. The monoisotopic (exact) mass is 295 g/mol. The lowest BCUT2D eigenvalue weighted by atomic mass is 9.83. The summed E-state index contributed by atoms with van der Waals surface area (Å²) in [5.41, 5.74) is 0. The van der Waals surface area contributed by atoms with Crippen molar-refractivity contribution in [2.45, 2.75) is 31.7 Å². The highest BCUT2D eigenvalue weighted by atomic mass is 32.2. The minimum absolute atomic E-state index is 0.218. The van der Waals surface area contributed by atoms with Crippen molar-refractivity contribution < 1.29 is 9.59 Å². The van der Waals surface area contributed by atoms with Gasteiger partial charge in [-0.05, 0) is 30.5 Å². The van der Waals surface area contributed by atoms with E-state index in [4.69, 9.17) is 0 Å². The summed E-state index contributed by atoms with van der Waals surface area (Å²) in [6.45, 7) is 4.27. The van der Waals surface area contributed by atoms with Crippen LogP contribution in [0.5, 0.6) is 0 Å². The highest BCUT2D eigenvalue weighted by Crippen LogP contribution is 2.33. The van der Waals surface area contributed by atoms with Crippen LogP contribution in [0.2, 0.25) is 0 Å². The summed E-state index contributed by atoms with van der Waals surface area (Å²) in [6.07, 6.45) is 6.87. The van der Waals surface area contributed by atoms with E-state index in [-0.39, 0.29) is 11.1 Å². The Balaban J connectivity index is 1.73. The molecule has 2 amide bonds. The van der Waals surface area contributed by atoms with Crippen LogP contribution in [0.15, 0.2) is 11.0 Å². The van der Waals surface area contributed by atoms with Gasteiger partial charge in [-0.25, -0.2) is 0 Å². The number of carbonyl (C=O) groups is 2. The number of amides is 2. The number of hydrogen-bond donors (Lipinski definition) is 2. The zero-order chi connectivity index (χ0) is 13.9. The van der Waals surface area contributed by atoms with Crippen molar-refractivity contribution >= 4 is 22.9 Å². The lowest BCUT2D eigenvalue weighted by Gasteiger charge is -2.41. The molecule has 2 aliphatic heterocycles. The molecule has 3 rings (SSSR count). The third-order valence-electron chi connectivity index (χ3n) is 4.41. The standard InChI is InChI=1S/C14H21N3O2S/c18-13-12(20-14(19)16-13)9-10-3-1-2-4-11(10)17-7-5-15-6-8-17/h9-11,15H,1-8H2,(H,16,18,19). The number of piperazine rings is 1. The smallest absolute Gasteiger partial charge is 0.290 e. The number of thioether (sulfide) groups is 1. The molecule has 0 aromatic carbocycles. The van der Waals surface area contributed by atoms with Crippen LogP contribution in [0.25, 0.3) is 0 Å². The first-order chi connectivity index (χ1) is 9.74. The largest absolute Gasteiger partial charge is 0.314 e. The predicted octanol–water partition coefficient (Wildman–Crippen LogP) is 1.32. The van der Waals surface area contributed by atoms with Crippen LogP contribution in [0, 0.1) is 5.92 Å². The summed E-state index contributed by atoms with van der Waals surface area (Å²) in [7, 11) is 0. The van der Waals surface area contributed by atoms with Crippen LogP contribution < -0.4 is 10.6 Å². The van der Waals surface area contributed by atoms with Crippen LogP contribution in [0.3, 0.4) is 0 Å². The summed E-state index contributed by atoms with van der Waals surface area (Å²) < 4.78 is 0. The molecule has 3 aliphatic rings. The Kier molecular flexibility index (Phi) is 4.43. The maximum absolute atomic E-state index is 11.7. The first-order valence-electron chi connectivity index (χ1n) is 7.44. The molecule has 3 fully saturated rings. The number of imide groups is 1. The van der Waals surface area contributed by atoms with Gasteiger partial charge < -0.3 is 5.32 Å². The minimum atomic E-state index is -0.240. The second-order valence-corrected chi connectivity index (χ2v) is 6.69. The molecular formula is C14H21N3O2S. The molecule has 2 saturated heterocycles. The second-order valence-electron chi connectivity index (χ2n) is 5.68. The van der Waals surface area contributed by atoms with E-state index in [1.807, 2.05) is 0 Å². The van der Waals surface area contributed by atoms with Crippen molar-refractivity contribution in [3.63, 3.8) is 0 Å². The molecule has 2 atom stereocenters. The molecule has 0 radical (unpaired) electrons. The third-order valence-corrected chi connectivity index (χ3v) is 5.24. The molecule has 1 saturated carbocycles. The topological polar surface area (TPSA) is 61.4 Å². The Hall–Kier alpha value is -0.850. The molecule has 2 unspecified atom stereocenters. The van der Waals surface area contributed by atoms with E-state index in [1.165, 1.54) is 19.3 Å². The van der Waals surface area contributed by atoms with Crippen molar-refractivity contribution in [3.05, 3.63) is 11.0 Å². The average Bonchev–Trinajstić information content (AvgIpc) is 2.78. The van der Waals surface area contributed by atoms with Crippen molar-refractivity contribution in [2.24, 2.45) is 5.92 Å². The molecule has 6 heteroatoms. The quantitative estimate of drug-likeness (QED) is 0.752. The zero-order valence-electron chi connectivity index (χ0n) is 11.6. The normalized spacial score (nSPS) is 34.5. The van der Waals surface area contributed by atoms with Gasteiger partial charge in [0.25, 0.3) is 11.1 Å². The van der Waals surface area contributed by atoms with Gasteiger partial charge in [0, 0.05) is 32.2 Å². The van der Waals surface area contributed by atoms with E-state index in [1.54, 1.807) is 0 Å². The molecule has 5 nitrogen and oxygen atoms in total. The molecule has 20 heavy (non-hydrogen) atoms. The van der Waals surface area contributed by atoms with Gasteiger partial charge in [0.15, 0.2) is 0 Å². The van der Waals surface area contributed by atoms with Crippen LogP contribution in [0.1, 0.15) is 25.7 Å². The lowest BCUT2D eigenvalue weighted by molar-refractivity contribution is -0.115. The van der Waals surface area contributed by atoms with Crippen molar-refractivity contribution in [1.29, 1.82) is 0 Å². The van der Waals surface area contributed by atoms with Crippen molar-refractivity contribution in [1.82, 2.24) is 15.5 Å². The van der Waals surface area contributed by atoms with E-state index < -0.39 is 0 Å². The molecule has 2 N–H and O–H groups in total. The van der Waals surface area contributed by atoms with E-state index in [0.717, 1.165) is 44.4 Å². The van der Waals surface area contributed by atoms with Gasteiger partial charge in [-0.15, -0.1) is 0 Å². The Morgan fingerprint density at radius 3 is 2.60 bits per heavy atom. The Morgan fingerprint density at radius 2 is 1.90 bits per heavy atom. The number of nitrogens with one attached hydrogen (secondary N) is 2. The van der Waals surface area contributed by atoms with Crippen LogP contribution >= 0.6 is 11.8 Å². The maximum atomic E-state index is 11.7. The van der Waals surface area contributed by atoms with Gasteiger partial charge in [0.2, 0.25) is 0 Å². The number of hydrogen-bond acceptors (Lipinski definition) is 5. The molecule has 2 heterocycles. The second kappa shape index (κ2) is 6.28. The van der Waals surface area contributed by atoms with Gasteiger partial charge >= 0.3 is 0 Å². The van der Waals surface area contributed by atoms with Gasteiger partial charge in [-0.2, -0.15) is 0 Å². The summed E-state index contributed by atoms with van der Waals surface area (Å²) in [5.74, 6) is 0.186. The van der Waals surface area contributed by atoms with Gasteiger partial charge in [-0.3, -0.25) is 19.8 Å². The number of nitrogens with zero attached hydrogens (tertiary/aromatic N) is 1. The average molecular weight is 295 g/mol. The number of rotatable bonds is 2. The van der Waals surface area contributed by atoms with Gasteiger partial charge in [0.1, 0.15) is 0 Å². The van der Waals surface area contributed by atoms with E-state index >= 15 is 0 Å². The Morgan fingerprint density at radius 1 is 1.15 bits per heavy atom. The first-order valence-corrected chi connectivity index (χ1v) is 8.25. The molecular weight excluding hydrogens is 274 g/mol. The van der Waals surface area contributed by atoms with E-state index in [0.29, 0.717) is 16.9 Å². The fourth-order valence-corrected chi connectivity index (χ4v) is 4.16. The van der Waals surface area contributed by atoms with Crippen molar-refractivity contribution in [3.8, 4) is 0 Å². The van der Waals surface area contributed by atoms with Gasteiger partial charge in [-0.1, -0.05) is 18.9 Å². The summed E-state index contributed by atoms with van der Waals surface area (Å²) in [5, 5.41) is 5.49. The molecule has 0 bridgehead atoms. The van der Waals surface area contributed by atoms with Crippen molar-refractivity contribution in [2.75, 3.05) is 26.2 Å². The fraction of sp³-hybridized carbons (Fsp3) is 0.714. The van der Waals surface area contributed by atoms with Crippen LogP contribution in [0.4, 0.5) is 4.79 Å². The zero-order valence-corrected chi connectivity index (χ0v) is 12.4. The lowest BCUT2D eigenvalue weighted by Crippen LogP contribution is -2.51. The highest BCUT2D eigenvalue weighted by molar-refractivity contribution is 8.18. The Labute approximate surface area is 123 Å². The summed E-state index contributed by atoms with van der Waals surface area (Å²) >= 11 is 1.05. The third kappa shape index (κ3) is 3.07. The molecule has 0 spiro atoms. The fourth-order valence-electron chi connectivity index (χ4n) is 3.43.